The van der Waals surface area contributed by atoms with Gasteiger partial charge in [-0.2, -0.15) is 19.9 Å². The maximum absolute atomic E-state index is 13.1. The van der Waals surface area contributed by atoms with Gasteiger partial charge in [0.1, 0.15) is 5.60 Å². The summed E-state index contributed by atoms with van der Waals surface area (Å²) in [6, 6.07) is 38.9. The Morgan fingerprint density at radius 1 is 0.370 bits per heavy atom. The Balaban J connectivity index is 0.000000155. The fraction of sp³-hybridized carbons (Fsp3) is 0.432. The van der Waals surface area contributed by atoms with Crippen molar-refractivity contribution in [3.63, 3.8) is 0 Å². The summed E-state index contributed by atoms with van der Waals surface area (Å²) in [5.41, 5.74) is 9.53. The number of rotatable bonds is 26. The molecule has 0 radical (unpaired) electrons. The zero-order valence-corrected chi connectivity index (χ0v) is 75.7. The van der Waals surface area contributed by atoms with E-state index in [1.165, 1.54) is 0 Å². The van der Waals surface area contributed by atoms with Crippen LogP contribution < -0.4 is 43.2 Å². The van der Waals surface area contributed by atoms with E-state index < -0.39 is 5.60 Å². The maximum Gasteiger partial charge on any atom is 0.410 e. The number of likely N-dealkylation sites (tertiary alicyclic amines) is 1. The lowest BCUT2D eigenvalue weighted by Crippen LogP contribution is -2.51. The smallest absolute Gasteiger partial charge is 0.410 e. The van der Waals surface area contributed by atoms with Crippen molar-refractivity contribution < 1.29 is 79.9 Å². The molecule has 127 heavy (non-hydrogen) atoms. The van der Waals surface area contributed by atoms with Crippen molar-refractivity contribution in [2.24, 2.45) is 0 Å². The summed E-state index contributed by atoms with van der Waals surface area (Å²) in [5, 5.41) is 19.9. The minimum Gasteiger partial charge on any atom is -0.493 e. The van der Waals surface area contributed by atoms with Gasteiger partial charge in [-0.3, -0.25) is 14.4 Å². The molecule has 32 heteroatoms. The summed E-state index contributed by atoms with van der Waals surface area (Å²) in [4.78, 5) is 81.2. The Morgan fingerprint density at radius 2 is 0.677 bits per heavy atom. The number of piperazine rings is 3. The number of carbonyl (C=O) groups is 4. The molecule has 4 fully saturated rings. The predicted molar refractivity (Wildman–Crippen MR) is 480 cm³/mol. The lowest BCUT2D eigenvalue weighted by molar-refractivity contribution is 0.0140. The monoisotopic (exact) mass is 1740 g/mol. The van der Waals surface area contributed by atoms with Gasteiger partial charge in [0, 0.05) is 140 Å². The van der Waals surface area contributed by atoms with E-state index in [9.17, 15) is 19.2 Å². The standard InChI is InChI=1S/C28H34N4O6.C25H30N4O4.C24H28N4O4.C18H25N3O3/c1-7-36-22-11-9-19(17-23(22)35-6)25-29-24(30-38-25)21-10-8-20(16-18(21)2)26(33)31-12-14-32(15-13-31)27(34)37-28(3,4)5;1-5-31-21-10-8-18(16-22(21)32-6-2)24-26-23(27-33-24)20-9-7-19(15-17(20)3)25(30)29-13-11-28(4)12-14-29;1-4-30-20-9-7-17(15-21(20)31-5-2)23-26-22(27-32-23)19-8-6-18(14-16(19)3)24(29)28-12-10-25-11-13-28;1-4-22-15-7-6-14(12-16(15)23-5-2)18-19-17(20-24-18)13-8-10-21(3)11-9-13/h8-11,16-17H,7,12-15H2,1-6H3;7-10,15-16H,5-6,11-14H2,1-4H3;6-9,14-15,25H,4-5,10-13H2,1-3H3;6-7,12-13H,4-5,8-11H2,1-3H3. The maximum atomic E-state index is 13.1. The molecule has 674 valence electrons. The van der Waals surface area contributed by atoms with Crippen molar-refractivity contribution in [2.75, 3.05) is 159 Å². The second kappa shape index (κ2) is 44.3. The fourth-order valence-corrected chi connectivity index (χ4v) is 14.7. The van der Waals surface area contributed by atoms with Crippen LogP contribution in [0.15, 0.2) is 145 Å². The van der Waals surface area contributed by atoms with E-state index in [2.05, 4.69) is 69.8 Å². The van der Waals surface area contributed by atoms with Crippen LogP contribution in [0.2, 0.25) is 0 Å². The van der Waals surface area contributed by atoms with Crippen LogP contribution in [0.25, 0.3) is 80.0 Å². The molecule has 7 aromatic carbocycles. The first-order valence-corrected chi connectivity index (χ1v) is 43.5. The van der Waals surface area contributed by atoms with Crippen LogP contribution in [0.5, 0.6) is 46.0 Å². The number of piperidine rings is 1. The number of ether oxygens (including phenoxy) is 9. The van der Waals surface area contributed by atoms with Crippen molar-refractivity contribution >= 4 is 23.8 Å². The Labute approximate surface area is 741 Å². The molecule has 8 heterocycles. The van der Waals surface area contributed by atoms with Crippen molar-refractivity contribution in [3.8, 4) is 126 Å². The number of hydrogen-bond donors (Lipinski definition) is 1. The van der Waals surface area contributed by atoms with Crippen molar-refractivity contribution in [1.29, 1.82) is 0 Å². The van der Waals surface area contributed by atoms with Gasteiger partial charge in [-0.05, 0) is 256 Å². The highest BCUT2D eigenvalue weighted by molar-refractivity contribution is 5.97. The molecule has 0 spiro atoms. The van der Waals surface area contributed by atoms with E-state index >= 15 is 0 Å². The molecule has 0 saturated carbocycles. The number of aromatic nitrogens is 8. The molecule has 15 rings (SSSR count). The molecule has 32 nitrogen and oxygen atoms in total. The first-order chi connectivity index (χ1) is 61.4. The third kappa shape index (κ3) is 24.2. The number of carbonyl (C=O) groups excluding carboxylic acids is 4. The van der Waals surface area contributed by atoms with Crippen LogP contribution in [0.1, 0.15) is 142 Å². The molecule has 4 amide bonds. The van der Waals surface area contributed by atoms with E-state index in [4.69, 9.17) is 60.7 Å². The molecule has 4 aliphatic heterocycles. The van der Waals surface area contributed by atoms with E-state index in [-0.39, 0.29) is 23.8 Å². The second-order valence-corrected chi connectivity index (χ2v) is 31.7. The molecule has 0 bridgehead atoms. The average molecular weight is 1740 g/mol. The molecule has 1 N–H and O–H groups in total. The molecule has 0 atom stereocenters. The molecular formula is C95H117N15O17. The highest BCUT2D eigenvalue weighted by Crippen LogP contribution is 2.39. The Morgan fingerprint density at radius 3 is 1.02 bits per heavy atom. The Kier molecular flexibility index (Phi) is 32.5. The van der Waals surface area contributed by atoms with Crippen LogP contribution in [0.3, 0.4) is 0 Å². The van der Waals surface area contributed by atoms with Crippen LogP contribution >= 0.6 is 0 Å². The minimum absolute atomic E-state index is 0.0489. The van der Waals surface area contributed by atoms with E-state index in [1.54, 1.807) is 35.1 Å². The van der Waals surface area contributed by atoms with Gasteiger partial charge in [-0.15, -0.1) is 0 Å². The molecule has 4 aromatic heterocycles. The van der Waals surface area contributed by atoms with E-state index in [1.807, 2.05) is 209 Å². The molecule has 4 saturated heterocycles. The van der Waals surface area contributed by atoms with Gasteiger partial charge in [0.25, 0.3) is 41.3 Å². The van der Waals surface area contributed by atoms with Gasteiger partial charge in [0.2, 0.25) is 17.5 Å². The quantitative estimate of drug-likeness (QED) is 0.0526. The Hall–Kier alpha value is -12.9. The van der Waals surface area contributed by atoms with Crippen LogP contribution in [-0.2, 0) is 4.74 Å². The second-order valence-electron chi connectivity index (χ2n) is 31.7. The number of nitrogens with one attached hydrogen (secondary N) is 1. The van der Waals surface area contributed by atoms with E-state index in [0.717, 1.165) is 140 Å². The van der Waals surface area contributed by atoms with Crippen molar-refractivity contribution in [2.45, 2.75) is 114 Å². The molecular weight excluding hydrogens is 1620 g/mol. The summed E-state index contributed by atoms with van der Waals surface area (Å²) in [7, 11) is 5.80. The predicted octanol–water partition coefficient (Wildman–Crippen LogP) is 15.6. The van der Waals surface area contributed by atoms with Gasteiger partial charge >= 0.3 is 6.09 Å². The highest BCUT2D eigenvalue weighted by atomic mass is 16.6. The number of hydrogen-bond acceptors (Lipinski definition) is 28. The lowest BCUT2D eigenvalue weighted by atomic mass is 9.96. The number of nitrogens with zero attached hydrogens (tertiary/aromatic N) is 14. The summed E-state index contributed by atoms with van der Waals surface area (Å²) < 4.78 is 72.4. The topological polar surface area (TPSA) is 338 Å². The third-order valence-corrected chi connectivity index (χ3v) is 21.4. The molecule has 4 aliphatic rings. The fourth-order valence-electron chi connectivity index (χ4n) is 14.7. The zero-order chi connectivity index (χ0) is 90.3. The number of likely N-dealkylation sites (N-methyl/N-ethyl adjacent to an activating group) is 1. The summed E-state index contributed by atoms with van der Waals surface area (Å²) >= 11 is 0. The van der Waals surface area contributed by atoms with Crippen molar-refractivity contribution in [1.82, 2.24) is 75.3 Å². The third-order valence-electron chi connectivity index (χ3n) is 21.4. The Bertz CT molecular complexity index is 5490. The first kappa shape index (κ1) is 93.2. The van der Waals surface area contributed by atoms with Crippen molar-refractivity contribution in [3.05, 3.63) is 167 Å². The summed E-state index contributed by atoms with van der Waals surface area (Å²) in [6.07, 6.45) is 1.79. The molecule has 0 aliphatic carbocycles. The van der Waals surface area contributed by atoms with Gasteiger partial charge < -0.3 is 95.4 Å². The van der Waals surface area contributed by atoms with Crippen LogP contribution in [0, 0.1) is 20.8 Å². The zero-order valence-electron chi connectivity index (χ0n) is 75.7. The number of amides is 4. The normalized spacial score (nSPS) is 14.4. The van der Waals surface area contributed by atoms with Gasteiger partial charge in [-0.25, -0.2) is 4.79 Å². The molecule has 11 aromatic rings. The van der Waals surface area contributed by atoms with Crippen LogP contribution in [-0.4, -0.2) is 258 Å². The van der Waals surface area contributed by atoms with E-state index in [0.29, 0.717) is 182 Å². The van der Waals surface area contributed by atoms with Gasteiger partial charge in [-0.1, -0.05) is 38.8 Å². The average Bonchev–Trinajstić information content (AvgIpc) is 1.49. The summed E-state index contributed by atoms with van der Waals surface area (Å²) in [5.74, 6) is 9.57. The number of benzene rings is 7. The summed E-state index contributed by atoms with van der Waals surface area (Å²) in [6.45, 7) is 39.0. The molecule has 0 unspecified atom stereocenters. The van der Waals surface area contributed by atoms with Gasteiger partial charge in [0.05, 0.1) is 53.4 Å². The number of aryl methyl sites for hydroxylation is 3. The number of methoxy groups -OCH3 is 1. The highest BCUT2D eigenvalue weighted by Gasteiger charge is 2.31. The largest absolute Gasteiger partial charge is 0.493 e. The SMILES string of the molecule is CCOc1ccc(-c2nc(-c3ccc(C(=O)N4CCN(C(=O)OC(C)(C)C)CC4)cc3C)no2)cc1OC.CCOc1ccc(-c2nc(-c3ccc(C(=O)N4CCN(C)CC4)cc3C)no2)cc1OCC.CCOc1ccc(-c2nc(-c3ccc(C(=O)N4CCNCC4)cc3C)no2)cc1OCC.CCOc1ccc(-c2nc(C3CCN(C)CC3)no2)cc1OCC. The van der Waals surface area contributed by atoms with Crippen LogP contribution in [0.4, 0.5) is 4.79 Å². The minimum atomic E-state index is -0.552. The van der Waals surface area contributed by atoms with Gasteiger partial charge in [0.15, 0.2) is 51.8 Å². The first-order valence-electron chi connectivity index (χ1n) is 43.5. The lowest BCUT2D eigenvalue weighted by Gasteiger charge is -2.35.